The maximum atomic E-state index is 11.2. The maximum absolute atomic E-state index is 11.2. The van der Waals surface area contributed by atoms with Crippen molar-refractivity contribution in [2.24, 2.45) is 5.41 Å². The molecule has 1 aliphatic rings. The molecule has 0 aromatic heterocycles. The molecule has 0 bridgehead atoms. The summed E-state index contributed by atoms with van der Waals surface area (Å²) in [5.74, 6) is -0.905. The van der Waals surface area contributed by atoms with Crippen molar-refractivity contribution >= 4 is 16.0 Å². The summed E-state index contributed by atoms with van der Waals surface area (Å²) in [7, 11) is -3.20. The molecule has 1 fully saturated rings. The van der Waals surface area contributed by atoms with Crippen molar-refractivity contribution in [2.45, 2.75) is 13.8 Å². The molecule has 0 unspecified atom stereocenters. The van der Waals surface area contributed by atoms with Crippen molar-refractivity contribution in [1.29, 1.82) is 0 Å². The van der Waals surface area contributed by atoms with Crippen LogP contribution in [-0.4, -0.2) is 42.6 Å². The smallest absolute Gasteiger partial charge is 0.312 e. The number of hydrogen-bond donors (Lipinski definition) is 1. The van der Waals surface area contributed by atoms with Crippen LogP contribution in [0, 0.1) is 5.41 Å². The number of rotatable bonds is 3. The van der Waals surface area contributed by atoms with E-state index in [9.17, 15) is 13.2 Å². The van der Waals surface area contributed by atoms with Crippen LogP contribution >= 0.6 is 0 Å². The number of carbonyl (C=O) groups is 1. The Bertz CT molecular complexity index is 315. The van der Waals surface area contributed by atoms with Gasteiger partial charge in [-0.05, 0) is 13.8 Å². The standard InChI is InChI=1S/C7H13NO4S/c1-3-13(11,12)8-4-7(2,5-8)6(9)10/h3-5H2,1-2H3,(H,9,10). The fourth-order valence-corrected chi connectivity index (χ4v) is 2.58. The van der Waals surface area contributed by atoms with Gasteiger partial charge in [0.25, 0.3) is 0 Å². The third-order valence-corrected chi connectivity index (χ3v) is 4.10. The van der Waals surface area contributed by atoms with Gasteiger partial charge >= 0.3 is 5.97 Å². The van der Waals surface area contributed by atoms with E-state index in [0.717, 1.165) is 0 Å². The van der Waals surface area contributed by atoms with E-state index in [0.29, 0.717) is 0 Å². The summed E-state index contributed by atoms with van der Waals surface area (Å²) in [5, 5.41) is 8.73. The van der Waals surface area contributed by atoms with Gasteiger partial charge in [0.2, 0.25) is 10.0 Å². The van der Waals surface area contributed by atoms with Crippen molar-refractivity contribution < 1.29 is 18.3 Å². The lowest BCUT2D eigenvalue weighted by Crippen LogP contribution is -2.60. The fraction of sp³-hybridized carbons (Fsp3) is 0.857. The van der Waals surface area contributed by atoms with Gasteiger partial charge in [0, 0.05) is 13.1 Å². The average Bonchev–Trinajstić information content (AvgIpc) is 1.98. The van der Waals surface area contributed by atoms with E-state index in [1.54, 1.807) is 13.8 Å². The molecule has 1 N–H and O–H groups in total. The largest absolute Gasteiger partial charge is 0.481 e. The highest BCUT2D eigenvalue weighted by atomic mass is 32.2. The van der Waals surface area contributed by atoms with Gasteiger partial charge in [0.1, 0.15) is 0 Å². The number of sulfonamides is 1. The van der Waals surface area contributed by atoms with Crippen LogP contribution < -0.4 is 0 Å². The Morgan fingerprint density at radius 3 is 2.31 bits per heavy atom. The third kappa shape index (κ3) is 1.68. The van der Waals surface area contributed by atoms with Gasteiger partial charge in [0.05, 0.1) is 11.2 Å². The van der Waals surface area contributed by atoms with Gasteiger partial charge in [-0.3, -0.25) is 4.79 Å². The summed E-state index contributed by atoms with van der Waals surface area (Å²) in [6.45, 7) is 3.29. The third-order valence-electron chi connectivity index (χ3n) is 2.33. The Morgan fingerprint density at radius 2 is 2.00 bits per heavy atom. The van der Waals surface area contributed by atoms with E-state index < -0.39 is 21.4 Å². The van der Waals surface area contributed by atoms with Crippen molar-refractivity contribution in [3.8, 4) is 0 Å². The minimum absolute atomic E-state index is 0.0305. The van der Waals surface area contributed by atoms with Crippen molar-refractivity contribution in [1.82, 2.24) is 4.31 Å². The molecule has 5 nitrogen and oxygen atoms in total. The minimum atomic E-state index is -3.20. The quantitative estimate of drug-likeness (QED) is 0.692. The molecule has 0 aromatic rings. The van der Waals surface area contributed by atoms with Crippen LogP contribution in [0.15, 0.2) is 0 Å². The summed E-state index contributed by atoms with van der Waals surface area (Å²) >= 11 is 0. The molecule has 76 valence electrons. The highest BCUT2D eigenvalue weighted by molar-refractivity contribution is 7.89. The number of carboxylic acid groups (broad SMARTS) is 1. The second-order valence-corrected chi connectivity index (χ2v) is 5.79. The first-order chi connectivity index (χ1) is 5.82. The lowest BCUT2D eigenvalue weighted by atomic mass is 9.84. The molecule has 0 spiro atoms. The zero-order valence-corrected chi connectivity index (χ0v) is 8.47. The first-order valence-corrected chi connectivity index (χ1v) is 5.64. The van der Waals surface area contributed by atoms with E-state index >= 15 is 0 Å². The minimum Gasteiger partial charge on any atom is -0.481 e. The normalized spacial score (nSPS) is 22.3. The van der Waals surface area contributed by atoms with Gasteiger partial charge < -0.3 is 5.11 Å². The molecule has 1 heterocycles. The number of carboxylic acids is 1. The summed E-state index contributed by atoms with van der Waals surface area (Å²) in [6, 6.07) is 0. The molecular formula is C7H13NO4S. The van der Waals surface area contributed by atoms with Gasteiger partial charge in [-0.2, -0.15) is 4.31 Å². The van der Waals surface area contributed by atoms with E-state index in [1.807, 2.05) is 0 Å². The molecular weight excluding hydrogens is 194 g/mol. The van der Waals surface area contributed by atoms with Gasteiger partial charge in [-0.25, -0.2) is 8.42 Å². The van der Waals surface area contributed by atoms with Gasteiger partial charge in [-0.15, -0.1) is 0 Å². The van der Waals surface area contributed by atoms with E-state index in [4.69, 9.17) is 5.11 Å². The molecule has 0 aromatic carbocycles. The van der Waals surface area contributed by atoms with Crippen LogP contribution in [-0.2, 0) is 14.8 Å². The zero-order valence-electron chi connectivity index (χ0n) is 7.65. The lowest BCUT2D eigenvalue weighted by Gasteiger charge is -2.43. The molecule has 0 radical (unpaired) electrons. The molecule has 1 rings (SSSR count). The second-order valence-electron chi connectivity index (χ2n) is 3.53. The molecule has 1 saturated heterocycles. The Kier molecular flexibility index (Phi) is 2.38. The molecule has 0 aliphatic carbocycles. The summed E-state index contributed by atoms with van der Waals surface area (Å²) in [6.07, 6.45) is 0. The number of hydrogen-bond acceptors (Lipinski definition) is 3. The van der Waals surface area contributed by atoms with Crippen molar-refractivity contribution in [2.75, 3.05) is 18.8 Å². The molecule has 0 atom stereocenters. The van der Waals surface area contributed by atoms with Crippen molar-refractivity contribution in [3.63, 3.8) is 0 Å². The number of aliphatic carboxylic acids is 1. The molecule has 13 heavy (non-hydrogen) atoms. The molecule has 6 heteroatoms. The first-order valence-electron chi connectivity index (χ1n) is 4.03. The van der Waals surface area contributed by atoms with Crippen LogP contribution in [0.2, 0.25) is 0 Å². The highest BCUT2D eigenvalue weighted by Crippen LogP contribution is 2.32. The van der Waals surface area contributed by atoms with Crippen LogP contribution in [0.3, 0.4) is 0 Å². The molecule has 0 saturated carbocycles. The Morgan fingerprint density at radius 1 is 1.54 bits per heavy atom. The summed E-state index contributed by atoms with van der Waals surface area (Å²) in [4.78, 5) is 10.6. The highest BCUT2D eigenvalue weighted by Gasteiger charge is 2.49. The monoisotopic (exact) mass is 207 g/mol. The van der Waals surface area contributed by atoms with E-state index in [-0.39, 0.29) is 18.8 Å². The maximum Gasteiger partial charge on any atom is 0.312 e. The predicted octanol–water partition coefficient (Wildman–Crippen LogP) is -0.257. The van der Waals surface area contributed by atoms with Crippen LogP contribution in [0.5, 0.6) is 0 Å². The molecule has 0 amide bonds. The van der Waals surface area contributed by atoms with Gasteiger partial charge in [0.15, 0.2) is 0 Å². The number of nitrogens with zero attached hydrogens (tertiary/aromatic N) is 1. The fourth-order valence-electron chi connectivity index (χ4n) is 1.25. The van der Waals surface area contributed by atoms with E-state index in [1.165, 1.54) is 4.31 Å². The van der Waals surface area contributed by atoms with Crippen LogP contribution in [0.4, 0.5) is 0 Å². The lowest BCUT2D eigenvalue weighted by molar-refractivity contribution is -0.154. The SMILES string of the molecule is CCS(=O)(=O)N1CC(C)(C(=O)O)C1. The van der Waals surface area contributed by atoms with Crippen LogP contribution in [0.25, 0.3) is 0 Å². The van der Waals surface area contributed by atoms with Crippen LogP contribution in [0.1, 0.15) is 13.8 Å². The summed E-state index contributed by atoms with van der Waals surface area (Å²) < 4.78 is 23.7. The topological polar surface area (TPSA) is 74.7 Å². The Hall–Kier alpha value is -0.620. The van der Waals surface area contributed by atoms with E-state index in [2.05, 4.69) is 0 Å². The summed E-state index contributed by atoms with van der Waals surface area (Å²) in [5.41, 5.74) is -0.887. The van der Waals surface area contributed by atoms with Crippen molar-refractivity contribution in [3.05, 3.63) is 0 Å². The second kappa shape index (κ2) is 2.95. The Balaban J connectivity index is 2.65. The average molecular weight is 207 g/mol. The molecule has 1 aliphatic heterocycles. The zero-order chi connectivity index (χ0) is 10.3. The first kappa shape index (κ1) is 10.5. The van der Waals surface area contributed by atoms with Gasteiger partial charge in [-0.1, -0.05) is 0 Å². The predicted molar refractivity (Wildman–Crippen MR) is 46.8 cm³/mol. The Labute approximate surface area is 77.4 Å².